The first kappa shape index (κ1) is 15.2. The van der Waals surface area contributed by atoms with Crippen molar-refractivity contribution in [3.05, 3.63) is 54.5 Å². The fourth-order valence-corrected chi connectivity index (χ4v) is 2.86. The van der Waals surface area contributed by atoms with Crippen molar-refractivity contribution in [1.29, 1.82) is 0 Å². The van der Waals surface area contributed by atoms with Crippen LogP contribution >= 0.6 is 0 Å². The number of phenolic OH excluding ortho intramolecular Hbond substituents is 1. The summed E-state index contributed by atoms with van der Waals surface area (Å²) in [4.78, 5) is 4.33. The number of fused-ring (bicyclic) bond motifs is 1. The van der Waals surface area contributed by atoms with Crippen molar-refractivity contribution < 1.29 is 17.9 Å². The third-order valence-electron chi connectivity index (χ3n) is 3.36. The van der Waals surface area contributed by atoms with E-state index in [1.165, 1.54) is 24.3 Å². The number of sulfone groups is 1. The van der Waals surface area contributed by atoms with Crippen LogP contribution in [0.1, 0.15) is 0 Å². The maximum Gasteiger partial charge on any atom is 0.175 e. The molecule has 7 heteroatoms. The van der Waals surface area contributed by atoms with Crippen LogP contribution in [0.25, 0.3) is 10.9 Å². The lowest BCUT2D eigenvalue weighted by atomic mass is 10.1. The predicted molar refractivity (Wildman–Crippen MR) is 86.2 cm³/mol. The molecular formula is C16H13FN2O3S. The van der Waals surface area contributed by atoms with Gasteiger partial charge in [0.2, 0.25) is 0 Å². The van der Waals surface area contributed by atoms with Crippen LogP contribution in [0.15, 0.2) is 53.6 Å². The minimum atomic E-state index is -3.36. The van der Waals surface area contributed by atoms with Gasteiger partial charge in [-0.3, -0.25) is 4.98 Å². The number of aromatic nitrogens is 1. The Bertz CT molecular complexity index is 1000. The van der Waals surface area contributed by atoms with Crippen molar-refractivity contribution in [3.63, 3.8) is 0 Å². The Balaban J connectivity index is 2.13. The van der Waals surface area contributed by atoms with Crippen molar-refractivity contribution in [2.24, 2.45) is 0 Å². The number of benzene rings is 2. The van der Waals surface area contributed by atoms with Crippen LogP contribution < -0.4 is 5.32 Å². The third kappa shape index (κ3) is 3.09. The van der Waals surface area contributed by atoms with E-state index in [1.54, 1.807) is 18.3 Å². The minimum Gasteiger partial charge on any atom is -0.508 e. The molecule has 0 bridgehead atoms. The summed E-state index contributed by atoms with van der Waals surface area (Å²) in [6, 6.07) is 9.96. The van der Waals surface area contributed by atoms with E-state index in [-0.39, 0.29) is 16.3 Å². The Hall–Kier alpha value is -2.67. The highest BCUT2D eigenvalue weighted by molar-refractivity contribution is 7.90. The van der Waals surface area contributed by atoms with E-state index in [2.05, 4.69) is 10.3 Å². The van der Waals surface area contributed by atoms with Gasteiger partial charge in [0, 0.05) is 29.6 Å². The SMILES string of the molecule is CS(=O)(=O)c1ccc2nccc(Nc3ccc(O)cc3F)c2c1. The molecule has 2 N–H and O–H groups in total. The van der Waals surface area contributed by atoms with E-state index < -0.39 is 15.7 Å². The predicted octanol–water partition coefficient (Wildman–Crippen LogP) is 3.23. The van der Waals surface area contributed by atoms with Crippen molar-refractivity contribution >= 4 is 32.1 Å². The Morgan fingerprint density at radius 2 is 1.87 bits per heavy atom. The van der Waals surface area contributed by atoms with Crippen LogP contribution in [0.2, 0.25) is 0 Å². The zero-order valence-corrected chi connectivity index (χ0v) is 12.9. The molecule has 0 spiro atoms. The van der Waals surface area contributed by atoms with Gasteiger partial charge in [0.15, 0.2) is 9.84 Å². The maximum absolute atomic E-state index is 13.9. The number of anilines is 2. The molecule has 0 amide bonds. The summed E-state index contributed by atoms with van der Waals surface area (Å²) in [7, 11) is -3.36. The summed E-state index contributed by atoms with van der Waals surface area (Å²) in [5.41, 5.74) is 1.27. The molecule has 23 heavy (non-hydrogen) atoms. The Morgan fingerprint density at radius 1 is 1.09 bits per heavy atom. The topological polar surface area (TPSA) is 79.3 Å². The van der Waals surface area contributed by atoms with Crippen molar-refractivity contribution in [2.45, 2.75) is 4.90 Å². The maximum atomic E-state index is 13.9. The molecule has 1 aromatic heterocycles. The van der Waals surface area contributed by atoms with Gasteiger partial charge in [0.25, 0.3) is 0 Å². The van der Waals surface area contributed by atoms with Gasteiger partial charge in [-0.15, -0.1) is 0 Å². The molecule has 0 aliphatic carbocycles. The number of aromatic hydroxyl groups is 1. The second kappa shape index (κ2) is 5.51. The van der Waals surface area contributed by atoms with Crippen LogP contribution in [-0.2, 0) is 9.84 Å². The van der Waals surface area contributed by atoms with Crippen LogP contribution in [0.4, 0.5) is 15.8 Å². The molecule has 0 saturated heterocycles. The van der Waals surface area contributed by atoms with Gasteiger partial charge in [-0.1, -0.05) is 0 Å². The van der Waals surface area contributed by atoms with Gasteiger partial charge in [-0.25, -0.2) is 12.8 Å². The number of halogens is 1. The highest BCUT2D eigenvalue weighted by Gasteiger charge is 2.11. The van der Waals surface area contributed by atoms with E-state index >= 15 is 0 Å². The number of hydrogen-bond acceptors (Lipinski definition) is 5. The van der Waals surface area contributed by atoms with Gasteiger partial charge in [0.1, 0.15) is 11.6 Å². The third-order valence-corrected chi connectivity index (χ3v) is 4.47. The second-order valence-electron chi connectivity index (χ2n) is 5.10. The van der Waals surface area contributed by atoms with Crippen molar-refractivity contribution in [2.75, 3.05) is 11.6 Å². The number of rotatable bonds is 3. The smallest absolute Gasteiger partial charge is 0.175 e. The monoisotopic (exact) mass is 332 g/mol. The average Bonchev–Trinajstić information content (AvgIpc) is 2.49. The van der Waals surface area contributed by atoms with Crippen LogP contribution in [0.5, 0.6) is 5.75 Å². The molecule has 0 radical (unpaired) electrons. The summed E-state index contributed by atoms with van der Waals surface area (Å²) in [5.74, 6) is -0.791. The lowest BCUT2D eigenvalue weighted by Gasteiger charge is -2.11. The first-order valence-electron chi connectivity index (χ1n) is 6.69. The molecule has 3 aromatic rings. The molecule has 2 aromatic carbocycles. The highest BCUT2D eigenvalue weighted by atomic mass is 32.2. The largest absolute Gasteiger partial charge is 0.508 e. The van der Waals surface area contributed by atoms with E-state index in [9.17, 15) is 17.9 Å². The molecule has 0 aliphatic rings. The number of nitrogens with zero attached hydrogens (tertiary/aromatic N) is 1. The summed E-state index contributed by atoms with van der Waals surface area (Å²) >= 11 is 0. The van der Waals surface area contributed by atoms with E-state index in [4.69, 9.17) is 0 Å². The lowest BCUT2D eigenvalue weighted by Crippen LogP contribution is -1.99. The van der Waals surface area contributed by atoms with Crippen molar-refractivity contribution in [1.82, 2.24) is 4.98 Å². The molecule has 0 aliphatic heterocycles. The standard InChI is InChI=1S/C16H13FN2O3S/c1-23(21,22)11-3-5-14-12(9-11)15(6-7-18-14)19-16-4-2-10(20)8-13(16)17/h2-9,20H,1H3,(H,18,19). The molecule has 3 rings (SSSR count). The zero-order chi connectivity index (χ0) is 16.6. The van der Waals surface area contributed by atoms with Gasteiger partial charge in [-0.05, 0) is 36.4 Å². The summed E-state index contributed by atoms with van der Waals surface area (Å²) in [6.45, 7) is 0. The van der Waals surface area contributed by atoms with E-state index in [1.807, 2.05) is 0 Å². The minimum absolute atomic E-state index is 0.159. The molecule has 0 atom stereocenters. The average molecular weight is 332 g/mol. The van der Waals surface area contributed by atoms with Crippen molar-refractivity contribution in [3.8, 4) is 5.75 Å². The van der Waals surface area contributed by atoms with Crippen LogP contribution in [-0.4, -0.2) is 24.8 Å². The van der Waals surface area contributed by atoms with Gasteiger partial charge in [-0.2, -0.15) is 0 Å². The molecule has 0 unspecified atom stereocenters. The number of nitrogens with one attached hydrogen (secondary N) is 1. The van der Waals surface area contributed by atoms with Gasteiger partial charge < -0.3 is 10.4 Å². The van der Waals surface area contributed by atoms with Gasteiger partial charge >= 0.3 is 0 Å². The summed E-state index contributed by atoms with van der Waals surface area (Å²) in [6.07, 6.45) is 2.67. The van der Waals surface area contributed by atoms with Gasteiger partial charge in [0.05, 0.1) is 16.1 Å². The van der Waals surface area contributed by atoms with E-state index in [0.29, 0.717) is 16.6 Å². The first-order valence-corrected chi connectivity index (χ1v) is 8.58. The van der Waals surface area contributed by atoms with Crippen LogP contribution in [0.3, 0.4) is 0 Å². The molecule has 1 heterocycles. The first-order chi connectivity index (χ1) is 10.8. The highest BCUT2D eigenvalue weighted by Crippen LogP contribution is 2.29. The quantitative estimate of drug-likeness (QED) is 0.720. The fourth-order valence-electron chi connectivity index (χ4n) is 2.22. The number of hydrogen-bond donors (Lipinski definition) is 2. The number of pyridine rings is 1. The molecule has 5 nitrogen and oxygen atoms in total. The Morgan fingerprint density at radius 3 is 2.57 bits per heavy atom. The lowest BCUT2D eigenvalue weighted by molar-refractivity contribution is 0.469. The zero-order valence-electron chi connectivity index (χ0n) is 12.1. The fraction of sp³-hybridized carbons (Fsp3) is 0.0625. The molecule has 118 valence electrons. The Labute approximate surface area is 132 Å². The molecule has 0 saturated carbocycles. The van der Waals surface area contributed by atoms with Crippen LogP contribution in [0, 0.1) is 5.82 Å². The second-order valence-corrected chi connectivity index (χ2v) is 7.11. The molecule has 0 fully saturated rings. The van der Waals surface area contributed by atoms with E-state index in [0.717, 1.165) is 12.3 Å². The summed E-state index contributed by atoms with van der Waals surface area (Å²) < 4.78 is 37.3. The summed E-state index contributed by atoms with van der Waals surface area (Å²) in [5, 5.41) is 12.7. The Kier molecular flexibility index (Phi) is 3.65. The number of phenols is 1. The normalized spacial score (nSPS) is 11.6. The molecular weight excluding hydrogens is 319 g/mol.